The maximum absolute atomic E-state index is 11.5. The average molecular weight is 218 g/mol. The molecule has 0 saturated heterocycles. The molecule has 0 aliphatic rings. The molecule has 6 nitrogen and oxygen atoms in total. The van der Waals surface area contributed by atoms with Gasteiger partial charge >= 0.3 is 6.09 Å². The molecule has 6 heteroatoms. The molecule has 0 heterocycles. The Hall–Kier alpha value is -1.30. The second-order valence-corrected chi connectivity index (χ2v) is 3.85. The molecule has 2 amide bonds. The van der Waals surface area contributed by atoms with Crippen LogP contribution in [0.2, 0.25) is 0 Å². The highest BCUT2D eigenvalue weighted by Gasteiger charge is 2.26. The monoisotopic (exact) mass is 218 g/mol. The van der Waals surface area contributed by atoms with Gasteiger partial charge in [0.05, 0.1) is 0 Å². The number of aliphatic hydroxyl groups is 1. The van der Waals surface area contributed by atoms with E-state index >= 15 is 0 Å². The normalized spacial score (nSPS) is 10.9. The molecule has 0 aromatic heterocycles. The van der Waals surface area contributed by atoms with Crippen LogP contribution in [0.15, 0.2) is 0 Å². The first-order valence-corrected chi connectivity index (χ1v) is 4.76. The Balaban J connectivity index is 3.78. The van der Waals surface area contributed by atoms with E-state index in [1.165, 1.54) is 0 Å². The van der Waals surface area contributed by atoms with Crippen LogP contribution in [0.25, 0.3) is 0 Å². The Labute approximate surface area is 88.7 Å². The molecule has 15 heavy (non-hydrogen) atoms. The van der Waals surface area contributed by atoms with E-state index in [2.05, 4.69) is 10.6 Å². The van der Waals surface area contributed by atoms with Gasteiger partial charge in [-0.05, 0) is 6.42 Å². The Morgan fingerprint density at radius 1 is 1.20 bits per heavy atom. The quantitative estimate of drug-likeness (QED) is 0.463. The van der Waals surface area contributed by atoms with Crippen LogP contribution < -0.4 is 10.6 Å². The molecule has 0 saturated carbocycles. The maximum atomic E-state index is 11.5. The van der Waals surface area contributed by atoms with E-state index in [0.29, 0.717) is 6.42 Å². The van der Waals surface area contributed by atoms with Crippen molar-refractivity contribution < 1.29 is 19.8 Å². The standard InChI is InChI=1S/C9H18N2O4/c1-9(2,3-6-12)7(13)10-4-5-11-8(14)15/h11-12H,3-6H2,1-2H3,(H,10,13)(H,14,15). The average Bonchev–Trinajstić information content (AvgIpc) is 2.11. The van der Waals surface area contributed by atoms with E-state index in [9.17, 15) is 9.59 Å². The fourth-order valence-electron chi connectivity index (χ4n) is 0.978. The van der Waals surface area contributed by atoms with Crippen LogP contribution in [-0.2, 0) is 4.79 Å². The van der Waals surface area contributed by atoms with E-state index < -0.39 is 11.5 Å². The zero-order chi connectivity index (χ0) is 11.9. The molecule has 0 aromatic carbocycles. The summed E-state index contributed by atoms with van der Waals surface area (Å²) in [5, 5.41) is 21.7. The van der Waals surface area contributed by atoms with E-state index in [1.807, 2.05) is 0 Å². The van der Waals surface area contributed by atoms with Gasteiger partial charge in [-0.25, -0.2) is 4.79 Å². The molecule has 0 unspecified atom stereocenters. The highest BCUT2D eigenvalue weighted by atomic mass is 16.4. The first kappa shape index (κ1) is 13.7. The van der Waals surface area contributed by atoms with Gasteiger partial charge in [-0.1, -0.05) is 13.8 Å². The third kappa shape index (κ3) is 5.90. The van der Waals surface area contributed by atoms with Gasteiger partial charge in [-0.3, -0.25) is 4.79 Å². The number of carboxylic acid groups (broad SMARTS) is 1. The maximum Gasteiger partial charge on any atom is 0.404 e. The number of aliphatic hydroxyl groups excluding tert-OH is 1. The van der Waals surface area contributed by atoms with Crippen LogP contribution in [-0.4, -0.2) is 41.9 Å². The van der Waals surface area contributed by atoms with E-state index in [4.69, 9.17) is 10.2 Å². The van der Waals surface area contributed by atoms with E-state index in [0.717, 1.165) is 0 Å². The number of carbonyl (C=O) groups is 2. The van der Waals surface area contributed by atoms with Crippen molar-refractivity contribution in [2.45, 2.75) is 20.3 Å². The zero-order valence-electron chi connectivity index (χ0n) is 9.04. The second-order valence-electron chi connectivity index (χ2n) is 3.85. The SMILES string of the molecule is CC(C)(CCO)C(=O)NCCNC(=O)O. The molecule has 0 fully saturated rings. The van der Waals surface area contributed by atoms with Gasteiger partial charge in [0.1, 0.15) is 0 Å². The van der Waals surface area contributed by atoms with Gasteiger partial charge in [0, 0.05) is 25.1 Å². The molecule has 0 bridgehead atoms. The number of hydrogen-bond donors (Lipinski definition) is 4. The summed E-state index contributed by atoms with van der Waals surface area (Å²) >= 11 is 0. The van der Waals surface area contributed by atoms with Crippen molar-refractivity contribution >= 4 is 12.0 Å². The van der Waals surface area contributed by atoms with Gasteiger partial charge < -0.3 is 20.8 Å². The second kappa shape index (κ2) is 6.23. The first-order chi connectivity index (χ1) is 6.90. The van der Waals surface area contributed by atoms with Gasteiger partial charge in [0.25, 0.3) is 0 Å². The Morgan fingerprint density at radius 3 is 2.20 bits per heavy atom. The topological polar surface area (TPSA) is 98.7 Å². The fourth-order valence-corrected chi connectivity index (χ4v) is 0.978. The van der Waals surface area contributed by atoms with Crippen molar-refractivity contribution in [1.82, 2.24) is 10.6 Å². The Morgan fingerprint density at radius 2 is 1.73 bits per heavy atom. The largest absolute Gasteiger partial charge is 0.465 e. The molecule has 4 N–H and O–H groups in total. The summed E-state index contributed by atoms with van der Waals surface area (Å²) in [6.45, 7) is 3.83. The molecule has 0 spiro atoms. The summed E-state index contributed by atoms with van der Waals surface area (Å²) in [5.74, 6) is -0.191. The van der Waals surface area contributed by atoms with Gasteiger partial charge in [0.2, 0.25) is 5.91 Å². The number of nitrogens with one attached hydrogen (secondary N) is 2. The van der Waals surface area contributed by atoms with Crippen molar-refractivity contribution in [3.8, 4) is 0 Å². The Kier molecular flexibility index (Phi) is 5.69. The highest BCUT2D eigenvalue weighted by Crippen LogP contribution is 2.19. The van der Waals surface area contributed by atoms with Crippen molar-refractivity contribution in [3.05, 3.63) is 0 Å². The predicted molar refractivity (Wildman–Crippen MR) is 54.5 cm³/mol. The summed E-state index contributed by atoms with van der Waals surface area (Å²) in [7, 11) is 0. The lowest BCUT2D eigenvalue weighted by Crippen LogP contribution is -2.41. The first-order valence-electron chi connectivity index (χ1n) is 4.76. The molecule has 0 rings (SSSR count). The minimum atomic E-state index is -1.11. The highest BCUT2D eigenvalue weighted by molar-refractivity contribution is 5.81. The van der Waals surface area contributed by atoms with Gasteiger partial charge in [0.15, 0.2) is 0 Å². The lowest BCUT2D eigenvalue weighted by Gasteiger charge is -2.22. The predicted octanol–water partition coefficient (Wildman–Crippen LogP) is -0.221. The lowest BCUT2D eigenvalue weighted by molar-refractivity contribution is -0.130. The number of amides is 2. The van der Waals surface area contributed by atoms with E-state index in [-0.39, 0.29) is 25.6 Å². The third-order valence-electron chi connectivity index (χ3n) is 2.04. The third-order valence-corrected chi connectivity index (χ3v) is 2.04. The van der Waals surface area contributed by atoms with Crippen molar-refractivity contribution in [3.63, 3.8) is 0 Å². The van der Waals surface area contributed by atoms with Crippen molar-refractivity contribution in [2.75, 3.05) is 19.7 Å². The molecule has 0 aromatic rings. The minimum Gasteiger partial charge on any atom is -0.465 e. The minimum absolute atomic E-state index is 0.0478. The Bertz CT molecular complexity index is 228. The van der Waals surface area contributed by atoms with Crippen molar-refractivity contribution in [2.24, 2.45) is 5.41 Å². The summed E-state index contributed by atoms with van der Waals surface area (Å²) in [5.41, 5.74) is -0.627. The molecule has 0 atom stereocenters. The lowest BCUT2D eigenvalue weighted by atomic mass is 9.89. The van der Waals surface area contributed by atoms with Crippen LogP contribution in [0.4, 0.5) is 4.79 Å². The van der Waals surface area contributed by atoms with Gasteiger partial charge in [-0.2, -0.15) is 0 Å². The van der Waals surface area contributed by atoms with Crippen LogP contribution in [0.1, 0.15) is 20.3 Å². The molecule has 0 aliphatic carbocycles. The fraction of sp³-hybridized carbons (Fsp3) is 0.778. The molecule has 0 radical (unpaired) electrons. The number of rotatable bonds is 6. The summed E-state index contributed by atoms with van der Waals surface area (Å²) in [4.78, 5) is 21.6. The molecular weight excluding hydrogens is 200 g/mol. The molecule has 88 valence electrons. The van der Waals surface area contributed by atoms with Crippen molar-refractivity contribution in [1.29, 1.82) is 0 Å². The summed E-state index contributed by atoms with van der Waals surface area (Å²) in [6.07, 6.45) is -0.732. The van der Waals surface area contributed by atoms with Crippen LogP contribution in [0.3, 0.4) is 0 Å². The van der Waals surface area contributed by atoms with Crippen LogP contribution in [0, 0.1) is 5.41 Å². The molecule has 0 aliphatic heterocycles. The molecular formula is C9H18N2O4. The van der Waals surface area contributed by atoms with Crippen LogP contribution in [0.5, 0.6) is 0 Å². The number of hydrogen-bond acceptors (Lipinski definition) is 3. The van der Waals surface area contributed by atoms with Gasteiger partial charge in [-0.15, -0.1) is 0 Å². The number of carbonyl (C=O) groups excluding carboxylic acids is 1. The summed E-state index contributed by atoms with van der Waals surface area (Å²) in [6, 6.07) is 0. The summed E-state index contributed by atoms with van der Waals surface area (Å²) < 4.78 is 0. The zero-order valence-corrected chi connectivity index (χ0v) is 9.04. The van der Waals surface area contributed by atoms with E-state index in [1.54, 1.807) is 13.8 Å². The smallest absolute Gasteiger partial charge is 0.404 e. The van der Waals surface area contributed by atoms with Crippen LogP contribution >= 0.6 is 0 Å².